The number of hydrogen-bond donors (Lipinski definition) is 2. The van der Waals surface area contributed by atoms with Gasteiger partial charge in [0.25, 0.3) is 5.91 Å². The lowest BCUT2D eigenvalue weighted by atomic mass is 9.94. The van der Waals surface area contributed by atoms with Gasteiger partial charge in [-0.15, -0.1) is 12.4 Å². The second-order valence-electron chi connectivity index (χ2n) is 7.70. The molecule has 2 aliphatic heterocycles. The Balaban J connectivity index is 0.00000240. The number of nitrogens with one attached hydrogen (secondary N) is 2. The average molecular weight is 418 g/mol. The van der Waals surface area contributed by atoms with Crippen LogP contribution in [0.1, 0.15) is 23.2 Å². The van der Waals surface area contributed by atoms with Crippen LogP contribution in [0.3, 0.4) is 0 Å². The van der Waals surface area contributed by atoms with E-state index < -0.39 is 0 Å². The quantitative estimate of drug-likeness (QED) is 0.784. The summed E-state index contributed by atoms with van der Waals surface area (Å²) >= 11 is 0. The van der Waals surface area contributed by atoms with Gasteiger partial charge in [0.05, 0.1) is 7.11 Å². The highest BCUT2D eigenvalue weighted by molar-refractivity contribution is 6.08. The minimum absolute atomic E-state index is 0. The predicted octanol–water partition coefficient (Wildman–Crippen LogP) is 2.46. The van der Waals surface area contributed by atoms with E-state index in [1.54, 1.807) is 7.11 Å². The van der Waals surface area contributed by atoms with Gasteiger partial charge in [-0.3, -0.25) is 9.59 Å². The van der Waals surface area contributed by atoms with Crippen molar-refractivity contribution in [3.8, 4) is 5.75 Å². The molecular formula is C22H28ClN3O3. The molecule has 0 spiro atoms. The summed E-state index contributed by atoms with van der Waals surface area (Å²) in [5.41, 5.74) is 0.691. The SMILES string of the molecule is COc1ccc(C(=O)N2CCC(C(=O)NCC3CNC3)CC2)c2ccccc12.Cl. The molecule has 2 heterocycles. The van der Waals surface area contributed by atoms with Gasteiger partial charge in [-0.1, -0.05) is 24.3 Å². The number of amides is 2. The molecule has 0 aliphatic carbocycles. The first-order chi connectivity index (χ1) is 13.7. The first kappa shape index (κ1) is 21.4. The third kappa shape index (κ3) is 4.49. The number of halogens is 1. The van der Waals surface area contributed by atoms with Gasteiger partial charge < -0.3 is 20.3 Å². The average Bonchev–Trinajstić information content (AvgIpc) is 2.71. The minimum Gasteiger partial charge on any atom is -0.496 e. The van der Waals surface area contributed by atoms with Crippen LogP contribution in [-0.2, 0) is 4.79 Å². The van der Waals surface area contributed by atoms with Crippen molar-refractivity contribution in [3.63, 3.8) is 0 Å². The van der Waals surface area contributed by atoms with Crippen LogP contribution in [-0.4, -0.2) is 56.5 Å². The van der Waals surface area contributed by atoms with Crippen molar-refractivity contribution in [2.75, 3.05) is 39.8 Å². The number of ether oxygens (including phenoxy) is 1. The largest absolute Gasteiger partial charge is 0.496 e. The molecule has 2 saturated heterocycles. The number of methoxy groups -OCH3 is 1. The van der Waals surface area contributed by atoms with Gasteiger partial charge in [-0.25, -0.2) is 0 Å². The van der Waals surface area contributed by atoms with Crippen molar-refractivity contribution >= 4 is 35.0 Å². The highest BCUT2D eigenvalue weighted by Gasteiger charge is 2.29. The molecular weight excluding hydrogens is 390 g/mol. The maximum absolute atomic E-state index is 13.1. The van der Waals surface area contributed by atoms with Gasteiger partial charge in [-0.05, 0) is 30.4 Å². The molecule has 0 atom stereocenters. The lowest BCUT2D eigenvalue weighted by Crippen LogP contribution is -2.50. The van der Waals surface area contributed by atoms with Gasteiger partial charge in [0.2, 0.25) is 5.91 Å². The van der Waals surface area contributed by atoms with E-state index in [0.717, 1.165) is 36.2 Å². The Labute approximate surface area is 177 Å². The maximum Gasteiger partial charge on any atom is 0.254 e. The Morgan fingerprint density at radius 1 is 1.10 bits per heavy atom. The highest BCUT2D eigenvalue weighted by atomic mass is 35.5. The third-order valence-corrected chi connectivity index (χ3v) is 5.92. The van der Waals surface area contributed by atoms with E-state index in [1.807, 2.05) is 41.3 Å². The number of benzene rings is 2. The van der Waals surface area contributed by atoms with E-state index >= 15 is 0 Å². The summed E-state index contributed by atoms with van der Waals surface area (Å²) in [6.45, 7) is 3.96. The summed E-state index contributed by atoms with van der Waals surface area (Å²) < 4.78 is 5.43. The van der Waals surface area contributed by atoms with Crippen molar-refractivity contribution in [2.24, 2.45) is 11.8 Å². The standard InChI is InChI=1S/C22H27N3O3.ClH/c1-28-20-7-6-19(17-4-2-3-5-18(17)20)22(27)25-10-8-16(9-11-25)21(26)24-14-15-12-23-13-15;/h2-7,15-16,23H,8-14H2,1H3,(H,24,26);1H. The summed E-state index contributed by atoms with van der Waals surface area (Å²) in [5.74, 6) is 1.50. The first-order valence-corrected chi connectivity index (χ1v) is 10.0. The van der Waals surface area contributed by atoms with Crippen molar-refractivity contribution in [2.45, 2.75) is 12.8 Å². The summed E-state index contributed by atoms with van der Waals surface area (Å²) in [5, 5.41) is 8.13. The number of carbonyl (C=O) groups excluding carboxylic acids is 2. The number of likely N-dealkylation sites (tertiary alicyclic amines) is 1. The third-order valence-electron chi connectivity index (χ3n) is 5.92. The minimum atomic E-state index is 0. The van der Waals surface area contributed by atoms with Crippen LogP contribution < -0.4 is 15.4 Å². The molecule has 0 saturated carbocycles. The topological polar surface area (TPSA) is 70.7 Å². The molecule has 0 unspecified atom stereocenters. The molecule has 0 aromatic heterocycles. The van der Waals surface area contributed by atoms with Crippen LogP contribution in [0.25, 0.3) is 10.8 Å². The van der Waals surface area contributed by atoms with Crippen LogP contribution in [0.5, 0.6) is 5.75 Å². The first-order valence-electron chi connectivity index (χ1n) is 10.0. The number of hydrogen-bond acceptors (Lipinski definition) is 4. The van der Waals surface area contributed by atoms with Crippen LogP contribution >= 0.6 is 12.4 Å². The van der Waals surface area contributed by atoms with E-state index in [2.05, 4.69) is 10.6 Å². The number of fused-ring (bicyclic) bond motifs is 1. The van der Waals surface area contributed by atoms with Gasteiger partial charge in [0.15, 0.2) is 0 Å². The van der Waals surface area contributed by atoms with Crippen molar-refractivity contribution in [1.29, 1.82) is 0 Å². The van der Waals surface area contributed by atoms with Crippen LogP contribution in [0.4, 0.5) is 0 Å². The van der Waals surface area contributed by atoms with E-state index in [1.165, 1.54) is 0 Å². The number of carbonyl (C=O) groups is 2. The second-order valence-corrected chi connectivity index (χ2v) is 7.70. The van der Waals surface area contributed by atoms with E-state index in [-0.39, 0.29) is 30.1 Å². The highest BCUT2D eigenvalue weighted by Crippen LogP contribution is 2.30. The van der Waals surface area contributed by atoms with E-state index in [4.69, 9.17) is 4.74 Å². The number of rotatable bonds is 5. The molecule has 2 N–H and O–H groups in total. The molecule has 29 heavy (non-hydrogen) atoms. The van der Waals surface area contributed by atoms with Crippen molar-refractivity contribution in [1.82, 2.24) is 15.5 Å². The summed E-state index contributed by atoms with van der Waals surface area (Å²) in [7, 11) is 1.64. The molecule has 7 heteroatoms. The zero-order valence-corrected chi connectivity index (χ0v) is 17.5. The molecule has 0 bridgehead atoms. The Kier molecular flexibility index (Phi) is 6.98. The van der Waals surface area contributed by atoms with Gasteiger partial charge in [0, 0.05) is 55.5 Å². The summed E-state index contributed by atoms with van der Waals surface area (Å²) in [6.07, 6.45) is 1.43. The van der Waals surface area contributed by atoms with E-state index in [0.29, 0.717) is 37.4 Å². The lowest BCUT2D eigenvalue weighted by Gasteiger charge is -2.33. The van der Waals surface area contributed by atoms with Gasteiger partial charge in [0.1, 0.15) is 5.75 Å². The van der Waals surface area contributed by atoms with Gasteiger partial charge in [-0.2, -0.15) is 0 Å². The lowest BCUT2D eigenvalue weighted by molar-refractivity contribution is -0.126. The predicted molar refractivity (Wildman–Crippen MR) is 116 cm³/mol. The fraction of sp³-hybridized carbons (Fsp3) is 0.455. The fourth-order valence-corrected chi connectivity index (χ4v) is 4.03. The van der Waals surface area contributed by atoms with Crippen molar-refractivity contribution in [3.05, 3.63) is 42.0 Å². The fourth-order valence-electron chi connectivity index (χ4n) is 4.03. The smallest absolute Gasteiger partial charge is 0.254 e. The number of piperidine rings is 1. The molecule has 2 aromatic rings. The summed E-state index contributed by atoms with van der Waals surface area (Å²) in [4.78, 5) is 27.4. The second kappa shape index (κ2) is 9.46. The summed E-state index contributed by atoms with van der Waals surface area (Å²) in [6, 6.07) is 11.5. The molecule has 2 amide bonds. The Bertz CT molecular complexity index is 877. The van der Waals surface area contributed by atoms with E-state index in [9.17, 15) is 9.59 Å². The molecule has 2 aromatic carbocycles. The molecule has 2 aliphatic rings. The maximum atomic E-state index is 13.1. The van der Waals surface area contributed by atoms with Crippen molar-refractivity contribution < 1.29 is 14.3 Å². The molecule has 0 radical (unpaired) electrons. The zero-order chi connectivity index (χ0) is 19.5. The van der Waals surface area contributed by atoms with Crippen LogP contribution in [0.15, 0.2) is 36.4 Å². The monoisotopic (exact) mass is 417 g/mol. The molecule has 6 nitrogen and oxygen atoms in total. The Hall–Kier alpha value is -2.31. The Morgan fingerprint density at radius 2 is 1.79 bits per heavy atom. The molecule has 2 fully saturated rings. The Morgan fingerprint density at radius 3 is 2.41 bits per heavy atom. The zero-order valence-electron chi connectivity index (χ0n) is 16.6. The van der Waals surface area contributed by atoms with Crippen LogP contribution in [0.2, 0.25) is 0 Å². The normalized spacial score (nSPS) is 17.3. The van der Waals surface area contributed by atoms with Crippen LogP contribution in [0, 0.1) is 11.8 Å². The van der Waals surface area contributed by atoms with Gasteiger partial charge >= 0.3 is 0 Å². The number of nitrogens with zero attached hydrogens (tertiary/aromatic N) is 1. The molecule has 156 valence electrons. The molecule has 4 rings (SSSR count).